The molecule has 0 bridgehead atoms. The summed E-state index contributed by atoms with van der Waals surface area (Å²) in [6.45, 7) is 2.77. The lowest BCUT2D eigenvalue weighted by atomic mass is 10.1. The van der Waals surface area contributed by atoms with Crippen LogP contribution < -0.4 is 15.8 Å². The fourth-order valence-corrected chi connectivity index (χ4v) is 1.80. The van der Waals surface area contributed by atoms with Gasteiger partial charge in [0.05, 0.1) is 7.11 Å². The maximum Gasteiger partial charge on any atom is 0.120 e. The van der Waals surface area contributed by atoms with Crippen LogP contribution in [0.3, 0.4) is 0 Å². The fraction of sp³-hybridized carbons (Fsp3) is 0.200. The van der Waals surface area contributed by atoms with Crippen molar-refractivity contribution in [3.8, 4) is 5.75 Å². The number of aryl methyl sites for hydroxylation is 1. The van der Waals surface area contributed by atoms with Crippen molar-refractivity contribution in [2.45, 2.75) is 13.5 Å². The molecule has 0 aliphatic heterocycles. The fourth-order valence-electron chi connectivity index (χ4n) is 1.80. The van der Waals surface area contributed by atoms with Gasteiger partial charge < -0.3 is 15.8 Å². The van der Waals surface area contributed by atoms with E-state index in [4.69, 9.17) is 10.5 Å². The van der Waals surface area contributed by atoms with Crippen LogP contribution in [0.15, 0.2) is 42.5 Å². The highest BCUT2D eigenvalue weighted by atomic mass is 16.5. The second kappa shape index (κ2) is 5.45. The van der Waals surface area contributed by atoms with E-state index in [1.54, 1.807) is 7.11 Å². The first kappa shape index (κ1) is 12.3. The summed E-state index contributed by atoms with van der Waals surface area (Å²) < 4.78 is 5.22. The van der Waals surface area contributed by atoms with Crippen LogP contribution in [0.2, 0.25) is 0 Å². The first-order valence-electron chi connectivity index (χ1n) is 5.92. The monoisotopic (exact) mass is 242 g/mol. The third-order valence-corrected chi connectivity index (χ3v) is 2.97. The average molecular weight is 242 g/mol. The molecule has 3 N–H and O–H groups in total. The standard InChI is InChI=1S/C15H18N2O/c1-11-7-8-13(18-2)9-15(11)17-10-12-5-3-4-6-14(12)16/h3-9,17H,10,16H2,1-2H3. The Morgan fingerprint density at radius 3 is 2.67 bits per heavy atom. The second-order valence-corrected chi connectivity index (χ2v) is 4.23. The maximum absolute atomic E-state index is 5.91. The summed E-state index contributed by atoms with van der Waals surface area (Å²) in [5.74, 6) is 0.851. The number of benzene rings is 2. The number of anilines is 2. The predicted octanol–water partition coefficient (Wildman–Crippen LogP) is 3.20. The first-order valence-corrected chi connectivity index (χ1v) is 5.92. The molecule has 3 nitrogen and oxygen atoms in total. The Kier molecular flexibility index (Phi) is 3.72. The van der Waals surface area contributed by atoms with Gasteiger partial charge in [0.2, 0.25) is 0 Å². The molecule has 18 heavy (non-hydrogen) atoms. The minimum Gasteiger partial charge on any atom is -0.497 e. The molecule has 0 radical (unpaired) electrons. The van der Waals surface area contributed by atoms with Gasteiger partial charge in [0.25, 0.3) is 0 Å². The van der Waals surface area contributed by atoms with Crippen molar-refractivity contribution in [1.82, 2.24) is 0 Å². The van der Waals surface area contributed by atoms with Crippen LogP contribution in [0.4, 0.5) is 11.4 Å². The van der Waals surface area contributed by atoms with Crippen molar-refractivity contribution >= 4 is 11.4 Å². The van der Waals surface area contributed by atoms with Crippen molar-refractivity contribution in [2.24, 2.45) is 0 Å². The smallest absolute Gasteiger partial charge is 0.120 e. The lowest BCUT2D eigenvalue weighted by Crippen LogP contribution is -2.04. The highest BCUT2D eigenvalue weighted by molar-refractivity contribution is 5.56. The van der Waals surface area contributed by atoms with Gasteiger partial charge in [-0.15, -0.1) is 0 Å². The molecule has 0 aliphatic carbocycles. The van der Waals surface area contributed by atoms with Crippen LogP contribution in [0.25, 0.3) is 0 Å². The molecule has 2 rings (SSSR count). The first-order chi connectivity index (χ1) is 8.70. The van der Waals surface area contributed by atoms with E-state index in [9.17, 15) is 0 Å². The van der Waals surface area contributed by atoms with Gasteiger partial charge in [0.15, 0.2) is 0 Å². The zero-order chi connectivity index (χ0) is 13.0. The lowest BCUT2D eigenvalue weighted by molar-refractivity contribution is 0.415. The highest BCUT2D eigenvalue weighted by Crippen LogP contribution is 2.23. The summed E-state index contributed by atoms with van der Waals surface area (Å²) in [6, 6.07) is 13.9. The summed E-state index contributed by atoms with van der Waals surface area (Å²) >= 11 is 0. The number of rotatable bonds is 4. The van der Waals surface area contributed by atoms with E-state index in [1.165, 1.54) is 5.56 Å². The molecule has 0 unspecified atom stereocenters. The number of nitrogen functional groups attached to an aromatic ring is 1. The topological polar surface area (TPSA) is 47.3 Å². The lowest BCUT2D eigenvalue weighted by Gasteiger charge is -2.12. The van der Waals surface area contributed by atoms with Crippen LogP contribution in [-0.2, 0) is 6.54 Å². The van der Waals surface area contributed by atoms with E-state index in [0.29, 0.717) is 6.54 Å². The number of nitrogens with one attached hydrogen (secondary N) is 1. The molecule has 0 amide bonds. The quantitative estimate of drug-likeness (QED) is 0.809. The Morgan fingerprint density at radius 2 is 1.94 bits per heavy atom. The normalized spacial score (nSPS) is 10.1. The molecule has 3 heteroatoms. The number of ether oxygens (including phenoxy) is 1. The molecule has 0 aromatic heterocycles. The number of hydrogen-bond acceptors (Lipinski definition) is 3. The van der Waals surface area contributed by atoms with Gasteiger partial charge in [0.1, 0.15) is 5.75 Å². The molecule has 0 saturated heterocycles. The molecule has 0 spiro atoms. The van der Waals surface area contributed by atoms with Crippen LogP contribution in [0.5, 0.6) is 5.75 Å². The third kappa shape index (κ3) is 2.74. The van der Waals surface area contributed by atoms with Crippen molar-refractivity contribution in [1.29, 1.82) is 0 Å². The van der Waals surface area contributed by atoms with Gasteiger partial charge in [-0.05, 0) is 30.2 Å². The van der Waals surface area contributed by atoms with Crippen molar-refractivity contribution < 1.29 is 4.74 Å². The van der Waals surface area contributed by atoms with Gasteiger partial charge in [0, 0.05) is 24.0 Å². The molecular formula is C15H18N2O. The van der Waals surface area contributed by atoms with E-state index in [1.807, 2.05) is 42.5 Å². The maximum atomic E-state index is 5.91. The van der Waals surface area contributed by atoms with Crippen molar-refractivity contribution in [3.05, 3.63) is 53.6 Å². The van der Waals surface area contributed by atoms with Crippen LogP contribution >= 0.6 is 0 Å². The Labute approximate surface area is 108 Å². The molecule has 0 heterocycles. The summed E-state index contributed by atoms with van der Waals surface area (Å²) in [6.07, 6.45) is 0. The van der Waals surface area contributed by atoms with Crippen LogP contribution in [0.1, 0.15) is 11.1 Å². The van der Waals surface area contributed by atoms with Gasteiger partial charge in [-0.2, -0.15) is 0 Å². The minimum absolute atomic E-state index is 0.709. The molecule has 0 aliphatic rings. The third-order valence-electron chi connectivity index (χ3n) is 2.97. The molecular weight excluding hydrogens is 224 g/mol. The molecule has 94 valence electrons. The van der Waals surface area contributed by atoms with Gasteiger partial charge in [-0.1, -0.05) is 24.3 Å². The molecule has 0 atom stereocenters. The Bertz CT molecular complexity index is 538. The minimum atomic E-state index is 0.709. The largest absolute Gasteiger partial charge is 0.497 e. The predicted molar refractivity (Wildman–Crippen MR) is 75.9 cm³/mol. The van der Waals surface area contributed by atoms with Gasteiger partial charge in [-0.25, -0.2) is 0 Å². The number of para-hydroxylation sites is 1. The van der Waals surface area contributed by atoms with Crippen LogP contribution in [0, 0.1) is 6.92 Å². The van der Waals surface area contributed by atoms with Crippen LogP contribution in [-0.4, -0.2) is 7.11 Å². The Balaban J connectivity index is 2.13. The summed E-state index contributed by atoms with van der Waals surface area (Å²) in [4.78, 5) is 0. The average Bonchev–Trinajstić information content (AvgIpc) is 2.39. The Hall–Kier alpha value is -2.16. The molecule has 2 aromatic rings. The summed E-state index contributed by atoms with van der Waals surface area (Å²) in [7, 11) is 1.67. The number of nitrogens with two attached hydrogens (primary N) is 1. The van der Waals surface area contributed by atoms with E-state index < -0.39 is 0 Å². The van der Waals surface area contributed by atoms with E-state index >= 15 is 0 Å². The SMILES string of the molecule is COc1ccc(C)c(NCc2ccccc2N)c1. The zero-order valence-corrected chi connectivity index (χ0v) is 10.7. The van der Waals surface area contributed by atoms with Gasteiger partial charge >= 0.3 is 0 Å². The number of hydrogen-bond donors (Lipinski definition) is 2. The molecule has 2 aromatic carbocycles. The highest BCUT2D eigenvalue weighted by Gasteiger charge is 2.02. The van der Waals surface area contributed by atoms with Crippen molar-refractivity contribution in [2.75, 3.05) is 18.2 Å². The second-order valence-electron chi connectivity index (χ2n) is 4.23. The van der Waals surface area contributed by atoms with Crippen molar-refractivity contribution in [3.63, 3.8) is 0 Å². The van der Waals surface area contributed by atoms with Gasteiger partial charge in [-0.3, -0.25) is 0 Å². The summed E-state index contributed by atoms with van der Waals surface area (Å²) in [5.41, 5.74) is 10.1. The summed E-state index contributed by atoms with van der Waals surface area (Å²) in [5, 5.41) is 3.38. The molecule has 0 saturated carbocycles. The van der Waals surface area contributed by atoms with E-state index in [0.717, 1.165) is 22.7 Å². The Morgan fingerprint density at radius 1 is 1.17 bits per heavy atom. The van der Waals surface area contributed by atoms with E-state index in [-0.39, 0.29) is 0 Å². The van der Waals surface area contributed by atoms with E-state index in [2.05, 4.69) is 12.2 Å². The number of methoxy groups -OCH3 is 1. The zero-order valence-electron chi connectivity index (χ0n) is 10.7. The molecule has 0 fully saturated rings.